The molecule has 2 rings (SSSR count). The summed E-state index contributed by atoms with van der Waals surface area (Å²) in [5.41, 5.74) is 2.77. The van der Waals surface area contributed by atoms with E-state index in [0.29, 0.717) is 6.04 Å². The molecular formula is C16H25N. The van der Waals surface area contributed by atoms with E-state index in [2.05, 4.69) is 50.4 Å². The minimum Gasteiger partial charge on any atom is -0.310 e. The van der Waals surface area contributed by atoms with Crippen molar-refractivity contribution in [1.82, 2.24) is 5.32 Å². The normalized spacial score (nSPS) is 26.1. The highest BCUT2D eigenvalue weighted by Crippen LogP contribution is 2.30. The molecule has 0 heterocycles. The van der Waals surface area contributed by atoms with Gasteiger partial charge in [0.05, 0.1) is 0 Å². The zero-order valence-corrected chi connectivity index (χ0v) is 11.4. The van der Waals surface area contributed by atoms with E-state index in [9.17, 15) is 0 Å². The predicted octanol–water partition coefficient (Wildman–Crippen LogP) is 4.08. The summed E-state index contributed by atoms with van der Waals surface area (Å²) in [5.74, 6) is 1.84. The van der Waals surface area contributed by atoms with Crippen LogP contribution >= 0.6 is 0 Å². The van der Waals surface area contributed by atoms with Crippen LogP contribution in [0.25, 0.3) is 0 Å². The highest BCUT2D eigenvalue weighted by Gasteiger charge is 2.21. The summed E-state index contributed by atoms with van der Waals surface area (Å²) in [5, 5.41) is 3.69. The van der Waals surface area contributed by atoms with E-state index < -0.39 is 0 Å². The first-order chi connectivity index (χ1) is 8.15. The third-order valence-electron chi connectivity index (χ3n) is 4.06. The van der Waals surface area contributed by atoms with Gasteiger partial charge in [0, 0.05) is 6.04 Å². The van der Waals surface area contributed by atoms with Gasteiger partial charge in [-0.1, -0.05) is 43.2 Å². The van der Waals surface area contributed by atoms with Crippen molar-refractivity contribution in [2.45, 2.75) is 46.1 Å². The average molecular weight is 231 g/mol. The summed E-state index contributed by atoms with van der Waals surface area (Å²) in [6.07, 6.45) is 4.24. The summed E-state index contributed by atoms with van der Waals surface area (Å²) in [4.78, 5) is 0. The molecule has 0 saturated heterocycles. The molecule has 0 radical (unpaired) electrons. The second-order valence-electron chi connectivity index (χ2n) is 5.83. The third kappa shape index (κ3) is 3.57. The lowest BCUT2D eigenvalue weighted by molar-refractivity contribution is 0.440. The monoisotopic (exact) mass is 231 g/mol. The maximum Gasteiger partial charge on any atom is 0.0292 e. The predicted molar refractivity (Wildman–Crippen MR) is 74.1 cm³/mol. The third-order valence-corrected chi connectivity index (χ3v) is 4.06. The van der Waals surface area contributed by atoms with Crippen molar-refractivity contribution >= 4 is 0 Å². The van der Waals surface area contributed by atoms with Gasteiger partial charge in [-0.2, -0.15) is 0 Å². The lowest BCUT2D eigenvalue weighted by Crippen LogP contribution is -2.24. The summed E-state index contributed by atoms with van der Waals surface area (Å²) in [7, 11) is 0. The Hall–Kier alpha value is -0.820. The lowest BCUT2D eigenvalue weighted by atomic mass is 10.0. The Kier molecular flexibility index (Phi) is 4.22. The molecule has 3 unspecified atom stereocenters. The fourth-order valence-electron chi connectivity index (χ4n) is 2.91. The molecule has 1 nitrogen and oxygen atoms in total. The Balaban J connectivity index is 1.83. The molecule has 1 aromatic carbocycles. The number of hydrogen-bond acceptors (Lipinski definition) is 1. The van der Waals surface area contributed by atoms with Crippen molar-refractivity contribution in [3.8, 4) is 0 Å². The molecule has 94 valence electrons. The molecule has 1 N–H and O–H groups in total. The van der Waals surface area contributed by atoms with E-state index in [4.69, 9.17) is 0 Å². The largest absolute Gasteiger partial charge is 0.310 e. The smallest absolute Gasteiger partial charge is 0.0292 e. The topological polar surface area (TPSA) is 12.0 Å². The second-order valence-corrected chi connectivity index (χ2v) is 5.83. The van der Waals surface area contributed by atoms with E-state index >= 15 is 0 Å². The molecule has 17 heavy (non-hydrogen) atoms. The number of hydrogen-bond donors (Lipinski definition) is 1. The number of aryl methyl sites for hydroxylation is 1. The van der Waals surface area contributed by atoms with Crippen LogP contribution in [0.4, 0.5) is 0 Å². The van der Waals surface area contributed by atoms with E-state index in [-0.39, 0.29) is 0 Å². The van der Waals surface area contributed by atoms with Crippen LogP contribution in [0.1, 0.15) is 50.3 Å². The summed E-state index contributed by atoms with van der Waals surface area (Å²) in [6.45, 7) is 7.99. The second kappa shape index (κ2) is 5.68. The Bertz CT molecular complexity index is 358. The maximum atomic E-state index is 3.69. The van der Waals surface area contributed by atoms with Crippen molar-refractivity contribution in [3.63, 3.8) is 0 Å². The fourth-order valence-corrected chi connectivity index (χ4v) is 2.91. The number of benzene rings is 1. The first kappa shape index (κ1) is 12.6. The van der Waals surface area contributed by atoms with Crippen LogP contribution in [-0.2, 0) is 0 Å². The minimum absolute atomic E-state index is 0.478. The lowest BCUT2D eigenvalue weighted by Gasteiger charge is -2.18. The molecule has 1 fully saturated rings. The van der Waals surface area contributed by atoms with Crippen molar-refractivity contribution in [3.05, 3.63) is 35.4 Å². The molecule has 3 atom stereocenters. The molecule has 0 aromatic heterocycles. The van der Waals surface area contributed by atoms with Crippen LogP contribution < -0.4 is 5.32 Å². The van der Waals surface area contributed by atoms with Crippen LogP contribution in [0, 0.1) is 18.8 Å². The number of nitrogens with one attached hydrogen (secondary N) is 1. The van der Waals surface area contributed by atoms with Gasteiger partial charge in [-0.25, -0.2) is 0 Å². The van der Waals surface area contributed by atoms with Gasteiger partial charge >= 0.3 is 0 Å². The zero-order chi connectivity index (χ0) is 12.3. The zero-order valence-electron chi connectivity index (χ0n) is 11.4. The van der Waals surface area contributed by atoms with Gasteiger partial charge in [0.1, 0.15) is 0 Å². The van der Waals surface area contributed by atoms with Gasteiger partial charge in [-0.3, -0.25) is 0 Å². The Morgan fingerprint density at radius 2 is 2.18 bits per heavy atom. The minimum atomic E-state index is 0.478. The van der Waals surface area contributed by atoms with Crippen LogP contribution in [0.2, 0.25) is 0 Å². The fraction of sp³-hybridized carbons (Fsp3) is 0.625. The Morgan fingerprint density at radius 3 is 2.82 bits per heavy atom. The van der Waals surface area contributed by atoms with Gasteiger partial charge in [0.25, 0.3) is 0 Å². The summed E-state index contributed by atoms with van der Waals surface area (Å²) in [6, 6.07) is 9.30. The van der Waals surface area contributed by atoms with Crippen molar-refractivity contribution in [2.24, 2.45) is 11.8 Å². The molecule has 1 aliphatic rings. The van der Waals surface area contributed by atoms with E-state index in [0.717, 1.165) is 11.8 Å². The molecule has 1 aromatic rings. The standard InChI is InChI=1S/C16H25N/c1-12-5-4-6-16(10-12)14(3)17-11-15-8-7-13(2)9-15/h4-6,10,13-15,17H,7-9,11H2,1-3H3. The van der Waals surface area contributed by atoms with E-state index in [1.807, 2.05) is 0 Å². The van der Waals surface area contributed by atoms with E-state index in [1.165, 1.54) is 36.9 Å². The van der Waals surface area contributed by atoms with Crippen molar-refractivity contribution in [2.75, 3.05) is 6.54 Å². The first-order valence-corrected chi connectivity index (χ1v) is 6.95. The van der Waals surface area contributed by atoms with E-state index in [1.54, 1.807) is 0 Å². The molecular weight excluding hydrogens is 206 g/mol. The summed E-state index contributed by atoms with van der Waals surface area (Å²) < 4.78 is 0. The SMILES string of the molecule is Cc1cccc(C(C)NCC2CCC(C)C2)c1. The quantitative estimate of drug-likeness (QED) is 0.823. The maximum absolute atomic E-state index is 3.69. The molecule has 1 aliphatic carbocycles. The molecule has 0 amide bonds. The summed E-state index contributed by atoms with van der Waals surface area (Å²) >= 11 is 0. The van der Waals surface area contributed by atoms with Crippen LogP contribution in [0.5, 0.6) is 0 Å². The Morgan fingerprint density at radius 1 is 1.35 bits per heavy atom. The highest BCUT2D eigenvalue weighted by atomic mass is 14.9. The molecule has 1 heteroatoms. The van der Waals surface area contributed by atoms with Crippen LogP contribution in [0.3, 0.4) is 0 Å². The van der Waals surface area contributed by atoms with Gasteiger partial charge in [0.15, 0.2) is 0 Å². The molecule has 0 bridgehead atoms. The van der Waals surface area contributed by atoms with Gasteiger partial charge in [0.2, 0.25) is 0 Å². The first-order valence-electron chi connectivity index (χ1n) is 6.95. The van der Waals surface area contributed by atoms with Gasteiger partial charge < -0.3 is 5.32 Å². The van der Waals surface area contributed by atoms with Crippen LogP contribution in [-0.4, -0.2) is 6.54 Å². The molecule has 1 saturated carbocycles. The van der Waals surface area contributed by atoms with Crippen molar-refractivity contribution < 1.29 is 0 Å². The van der Waals surface area contributed by atoms with Gasteiger partial charge in [-0.05, 0) is 50.6 Å². The number of rotatable bonds is 4. The molecule has 0 spiro atoms. The van der Waals surface area contributed by atoms with Crippen molar-refractivity contribution in [1.29, 1.82) is 0 Å². The van der Waals surface area contributed by atoms with Gasteiger partial charge in [-0.15, -0.1) is 0 Å². The average Bonchev–Trinajstić information content (AvgIpc) is 2.72. The molecule has 0 aliphatic heterocycles. The Labute approximate surface area is 106 Å². The highest BCUT2D eigenvalue weighted by molar-refractivity contribution is 5.24. The van der Waals surface area contributed by atoms with Crippen LogP contribution in [0.15, 0.2) is 24.3 Å².